The van der Waals surface area contributed by atoms with E-state index in [-0.39, 0.29) is 11.7 Å². The second-order valence-electron chi connectivity index (χ2n) is 7.56. The number of likely N-dealkylation sites (tertiary alicyclic amines) is 1. The molecule has 2 aromatic heterocycles. The molecule has 0 spiro atoms. The maximum atomic E-state index is 13.5. The number of aryl methyl sites for hydroxylation is 1. The minimum atomic E-state index is -0.311. The molecule has 1 saturated heterocycles. The molecule has 0 N–H and O–H groups in total. The molecule has 1 aliphatic heterocycles. The number of nitrogens with zero attached hydrogens (tertiary/aromatic N) is 5. The summed E-state index contributed by atoms with van der Waals surface area (Å²) in [6, 6.07) is 13.6. The van der Waals surface area contributed by atoms with Crippen molar-refractivity contribution in [2.75, 3.05) is 13.1 Å². The lowest BCUT2D eigenvalue weighted by molar-refractivity contribution is 0.0652. The number of halogens is 1. The lowest BCUT2D eigenvalue weighted by atomic mass is 10.1. The second-order valence-corrected chi connectivity index (χ2v) is 7.56. The van der Waals surface area contributed by atoms with Crippen LogP contribution in [-0.4, -0.2) is 43.9 Å². The highest BCUT2D eigenvalue weighted by molar-refractivity contribution is 5.94. The molecule has 0 saturated carbocycles. The van der Waals surface area contributed by atoms with Crippen molar-refractivity contribution in [3.8, 4) is 28.5 Å². The first-order valence-corrected chi connectivity index (χ1v) is 10.1. The molecule has 8 heteroatoms. The highest BCUT2D eigenvalue weighted by Crippen LogP contribution is 2.33. The number of hydrogen-bond acceptors (Lipinski definition) is 5. The van der Waals surface area contributed by atoms with Crippen LogP contribution in [0.15, 0.2) is 52.9 Å². The highest BCUT2D eigenvalue weighted by atomic mass is 19.1. The largest absolute Gasteiger partial charge is 0.420 e. The Bertz CT molecular complexity index is 1250. The third-order valence-corrected chi connectivity index (χ3v) is 5.47. The minimum Gasteiger partial charge on any atom is -0.420 e. The molecular formula is C23H20FN5O2. The Kier molecular flexibility index (Phi) is 4.62. The Morgan fingerprint density at radius 3 is 2.29 bits per heavy atom. The first-order valence-electron chi connectivity index (χ1n) is 10.1. The number of rotatable bonds is 4. The molecule has 7 nitrogen and oxygen atoms in total. The standard InChI is InChI=1S/C23H20FN5O2/c1-14-20(22-26-25-15(2)31-22)27-29(21(14)16-4-8-18(24)9-5-16)19-10-6-17(7-11-19)23(30)28-12-3-13-28/h4-11H,3,12-13H2,1-2H3. The summed E-state index contributed by atoms with van der Waals surface area (Å²) in [5.74, 6) is 0.493. The van der Waals surface area contributed by atoms with Gasteiger partial charge in [0.05, 0.1) is 11.4 Å². The van der Waals surface area contributed by atoms with Gasteiger partial charge in [-0.1, -0.05) is 0 Å². The summed E-state index contributed by atoms with van der Waals surface area (Å²) < 4.78 is 20.9. The van der Waals surface area contributed by atoms with Crippen LogP contribution in [0.1, 0.15) is 28.2 Å². The Labute approximate surface area is 178 Å². The molecule has 1 fully saturated rings. The number of benzene rings is 2. The van der Waals surface area contributed by atoms with Crippen molar-refractivity contribution in [1.82, 2.24) is 24.9 Å². The van der Waals surface area contributed by atoms with Crippen LogP contribution >= 0.6 is 0 Å². The summed E-state index contributed by atoms with van der Waals surface area (Å²) in [6.07, 6.45) is 1.05. The predicted molar refractivity (Wildman–Crippen MR) is 112 cm³/mol. The van der Waals surface area contributed by atoms with Crippen LogP contribution in [0.5, 0.6) is 0 Å². The second kappa shape index (κ2) is 7.46. The topological polar surface area (TPSA) is 77.1 Å². The first kappa shape index (κ1) is 19.2. The zero-order valence-corrected chi connectivity index (χ0v) is 17.2. The molecule has 0 aliphatic carbocycles. The highest BCUT2D eigenvalue weighted by Gasteiger charge is 2.24. The van der Waals surface area contributed by atoms with E-state index < -0.39 is 0 Å². The van der Waals surface area contributed by atoms with Crippen LogP contribution in [0.25, 0.3) is 28.5 Å². The van der Waals surface area contributed by atoms with Gasteiger partial charge in [0, 0.05) is 36.7 Å². The smallest absolute Gasteiger partial charge is 0.268 e. The third-order valence-electron chi connectivity index (χ3n) is 5.47. The van der Waals surface area contributed by atoms with Gasteiger partial charge in [0.1, 0.15) is 5.82 Å². The van der Waals surface area contributed by atoms with E-state index in [1.165, 1.54) is 12.1 Å². The average Bonchev–Trinajstić information content (AvgIpc) is 3.30. The van der Waals surface area contributed by atoms with Crippen molar-refractivity contribution < 1.29 is 13.6 Å². The summed E-state index contributed by atoms with van der Waals surface area (Å²) in [7, 11) is 0. The van der Waals surface area contributed by atoms with E-state index in [2.05, 4.69) is 10.2 Å². The number of aromatic nitrogens is 4. The maximum Gasteiger partial charge on any atom is 0.268 e. The summed E-state index contributed by atoms with van der Waals surface area (Å²) in [6.45, 7) is 5.25. The molecular weight excluding hydrogens is 397 g/mol. The van der Waals surface area contributed by atoms with Crippen LogP contribution in [-0.2, 0) is 0 Å². The Balaban J connectivity index is 1.61. The van der Waals surface area contributed by atoms with E-state index in [0.29, 0.717) is 23.0 Å². The third kappa shape index (κ3) is 3.39. The van der Waals surface area contributed by atoms with Gasteiger partial charge in [-0.25, -0.2) is 9.07 Å². The molecule has 2 aromatic carbocycles. The molecule has 0 radical (unpaired) electrons. The molecule has 0 atom stereocenters. The van der Waals surface area contributed by atoms with E-state index in [9.17, 15) is 9.18 Å². The summed E-state index contributed by atoms with van der Waals surface area (Å²) in [5, 5.41) is 12.7. The van der Waals surface area contributed by atoms with Crippen molar-refractivity contribution >= 4 is 5.91 Å². The fourth-order valence-corrected chi connectivity index (χ4v) is 3.67. The van der Waals surface area contributed by atoms with E-state index in [0.717, 1.165) is 42.0 Å². The van der Waals surface area contributed by atoms with Gasteiger partial charge in [-0.3, -0.25) is 4.79 Å². The monoisotopic (exact) mass is 417 g/mol. The van der Waals surface area contributed by atoms with E-state index in [1.807, 2.05) is 24.0 Å². The van der Waals surface area contributed by atoms with Gasteiger partial charge in [-0.2, -0.15) is 5.10 Å². The van der Waals surface area contributed by atoms with Gasteiger partial charge in [0.15, 0.2) is 5.69 Å². The summed E-state index contributed by atoms with van der Waals surface area (Å²) in [5.41, 5.74) is 4.38. The number of carbonyl (C=O) groups is 1. The van der Waals surface area contributed by atoms with Crippen LogP contribution in [0, 0.1) is 19.7 Å². The van der Waals surface area contributed by atoms with Crippen molar-refractivity contribution in [1.29, 1.82) is 0 Å². The lowest BCUT2D eigenvalue weighted by Gasteiger charge is -2.30. The van der Waals surface area contributed by atoms with Crippen LogP contribution in [0.3, 0.4) is 0 Å². The zero-order valence-electron chi connectivity index (χ0n) is 17.2. The van der Waals surface area contributed by atoms with E-state index in [1.54, 1.807) is 35.9 Å². The minimum absolute atomic E-state index is 0.0372. The predicted octanol–water partition coefficient (Wildman–Crippen LogP) is 4.19. The fraction of sp³-hybridized carbons (Fsp3) is 0.217. The van der Waals surface area contributed by atoms with Crippen LogP contribution < -0.4 is 0 Å². The molecule has 156 valence electrons. The van der Waals surface area contributed by atoms with Gasteiger partial charge in [0.25, 0.3) is 11.8 Å². The van der Waals surface area contributed by atoms with Crippen molar-refractivity contribution in [3.05, 3.63) is 71.4 Å². The van der Waals surface area contributed by atoms with Crippen molar-refractivity contribution in [2.45, 2.75) is 20.3 Å². The van der Waals surface area contributed by atoms with Crippen LogP contribution in [0.4, 0.5) is 4.39 Å². The first-order chi connectivity index (χ1) is 15.0. The van der Waals surface area contributed by atoms with Gasteiger partial charge in [-0.15, -0.1) is 10.2 Å². The average molecular weight is 417 g/mol. The molecule has 3 heterocycles. The number of amides is 1. The number of hydrogen-bond donors (Lipinski definition) is 0. The van der Waals surface area contributed by atoms with Crippen molar-refractivity contribution in [2.24, 2.45) is 0 Å². The Hall–Kier alpha value is -3.81. The van der Waals surface area contributed by atoms with Gasteiger partial charge in [-0.05, 0) is 61.9 Å². The maximum absolute atomic E-state index is 13.5. The van der Waals surface area contributed by atoms with Gasteiger partial charge in [0.2, 0.25) is 5.89 Å². The SMILES string of the molecule is Cc1nnc(-c2nn(-c3ccc(C(=O)N4CCC4)cc3)c(-c3ccc(F)cc3)c2C)o1. The van der Waals surface area contributed by atoms with Gasteiger partial charge < -0.3 is 9.32 Å². The molecule has 0 unspecified atom stereocenters. The normalized spacial score (nSPS) is 13.3. The molecule has 4 aromatic rings. The molecule has 1 amide bonds. The fourth-order valence-electron chi connectivity index (χ4n) is 3.67. The molecule has 5 rings (SSSR count). The van der Waals surface area contributed by atoms with E-state index in [4.69, 9.17) is 9.52 Å². The summed E-state index contributed by atoms with van der Waals surface area (Å²) in [4.78, 5) is 14.3. The molecule has 31 heavy (non-hydrogen) atoms. The molecule has 0 bridgehead atoms. The number of carbonyl (C=O) groups excluding carboxylic acids is 1. The van der Waals surface area contributed by atoms with Crippen LogP contribution in [0.2, 0.25) is 0 Å². The summed E-state index contributed by atoms with van der Waals surface area (Å²) >= 11 is 0. The van der Waals surface area contributed by atoms with E-state index >= 15 is 0 Å². The quantitative estimate of drug-likeness (QED) is 0.498. The Morgan fingerprint density at radius 1 is 1.00 bits per heavy atom. The lowest BCUT2D eigenvalue weighted by Crippen LogP contribution is -2.41. The molecule has 1 aliphatic rings. The van der Waals surface area contributed by atoms with Crippen molar-refractivity contribution in [3.63, 3.8) is 0 Å². The zero-order chi connectivity index (χ0) is 21.5. The Morgan fingerprint density at radius 2 is 1.71 bits per heavy atom. The van der Waals surface area contributed by atoms with Gasteiger partial charge >= 0.3 is 0 Å².